The molecule has 1 heterocycles. The van der Waals surface area contributed by atoms with Gasteiger partial charge in [-0.05, 0) is 30.9 Å². The van der Waals surface area contributed by atoms with Crippen LogP contribution in [-0.4, -0.2) is 56.8 Å². The molecule has 2 amide bonds. The van der Waals surface area contributed by atoms with Crippen LogP contribution in [0.3, 0.4) is 0 Å². The van der Waals surface area contributed by atoms with Gasteiger partial charge in [-0.25, -0.2) is 13.2 Å². The number of urea groups is 1. The van der Waals surface area contributed by atoms with E-state index in [0.717, 1.165) is 23.4 Å². The highest BCUT2D eigenvalue weighted by Crippen LogP contribution is 2.49. The van der Waals surface area contributed by atoms with E-state index in [9.17, 15) is 23.1 Å². The number of sulfonamides is 1. The molecule has 2 fully saturated rings. The van der Waals surface area contributed by atoms with Crippen molar-refractivity contribution < 1.29 is 23.1 Å². The highest BCUT2D eigenvalue weighted by molar-refractivity contribution is 7.92. The van der Waals surface area contributed by atoms with Crippen molar-refractivity contribution >= 4 is 33.4 Å². The van der Waals surface area contributed by atoms with Gasteiger partial charge < -0.3 is 15.3 Å². The molecule has 2 atom stereocenters. The van der Waals surface area contributed by atoms with E-state index in [1.54, 1.807) is 24.3 Å². The number of nitrogens with zero attached hydrogens (tertiary/aromatic N) is 2. The number of hydrogen-bond acceptors (Lipinski definition) is 4. The molecular formula is C17H23N3O5S. The number of para-hydroxylation sites is 2. The Balaban J connectivity index is 1.79. The van der Waals surface area contributed by atoms with Crippen molar-refractivity contribution in [1.29, 1.82) is 0 Å². The highest BCUT2D eigenvalue weighted by atomic mass is 32.2. The Hall–Kier alpha value is -2.29. The Morgan fingerprint density at radius 3 is 2.65 bits per heavy atom. The molecule has 0 aromatic heterocycles. The summed E-state index contributed by atoms with van der Waals surface area (Å²) in [5, 5.41) is 12.4. The van der Waals surface area contributed by atoms with E-state index in [1.807, 2.05) is 0 Å². The number of carbonyl (C=O) groups excluding carboxylic acids is 1. The number of rotatable bonds is 4. The van der Waals surface area contributed by atoms with Crippen molar-refractivity contribution in [2.45, 2.75) is 19.3 Å². The second kappa shape index (κ2) is 6.46. The molecule has 1 saturated heterocycles. The Morgan fingerprint density at radius 2 is 2.04 bits per heavy atom. The van der Waals surface area contributed by atoms with Gasteiger partial charge in [0, 0.05) is 20.1 Å². The molecule has 1 aromatic rings. The lowest BCUT2D eigenvalue weighted by Crippen LogP contribution is -2.39. The van der Waals surface area contributed by atoms with Gasteiger partial charge >= 0.3 is 12.0 Å². The third kappa shape index (κ3) is 3.11. The summed E-state index contributed by atoms with van der Waals surface area (Å²) in [6, 6.07) is 6.21. The number of anilines is 2. The van der Waals surface area contributed by atoms with Crippen LogP contribution in [0.4, 0.5) is 16.2 Å². The molecular weight excluding hydrogens is 358 g/mol. The van der Waals surface area contributed by atoms with Gasteiger partial charge in [0.2, 0.25) is 10.0 Å². The maximum atomic E-state index is 12.7. The monoisotopic (exact) mass is 381 g/mol. The van der Waals surface area contributed by atoms with Gasteiger partial charge in [0.15, 0.2) is 0 Å². The summed E-state index contributed by atoms with van der Waals surface area (Å²) in [5.41, 5.74) is -0.122. The lowest BCUT2D eigenvalue weighted by Gasteiger charge is -2.24. The molecule has 0 unspecified atom stereocenters. The number of aliphatic carboxylic acids is 1. The van der Waals surface area contributed by atoms with E-state index >= 15 is 0 Å². The molecule has 2 N–H and O–H groups in total. The zero-order valence-corrected chi connectivity index (χ0v) is 15.6. The second-order valence-electron chi connectivity index (χ2n) is 7.11. The zero-order valence-electron chi connectivity index (χ0n) is 14.8. The molecule has 1 aliphatic carbocycles. The number of carboxylic acid groups (broad SMARTS) is 1. The SMILES string of the molecule is CN(c1ccccc1NC(=O)N1C[C@@H]2CCC[C@@]2(C(=O)O)C1)S(C)(=O)=O. The molecule has 3 rings (SSSR count). The van der Waals surface area contributed by atoms with Crippen molar-refractivity contribution in [3.63, 3.8) is 0 Å². The van der Waals surface area contributed by atoms with Gasteiger partial charge in [-0.1, -0.05) is 18.6 Å². The van der Waals surface area contributed by atoms with Crippen LogP contribution < -0.4 is 9.62 Å². The minimum Gasteiger partial charge on any atom is -0.481 e. The highest BCUT2D eigenvalue weighted by Gasteiger charge is 2.55. The predicted molar refractivity (Wildman–Crippen MR) is 97.7 cm³/mol. The van der Waals surface area contributed by atoms with E-state index in [4.69, 9.17) is 0 Å². The number of fused-ring (bicyclic) bond motifs is 1. The first-order valence-corrected chi connectivity index (χ1v) is 10.3. The quantitative estimate of drug-likeness (QED) is 0.827. The molecule has 1 saturated carbocycles. The number of benzene rings is 1. The predicted octanol–water partition coefficient (Wildman–Crippen LogP) is 1.80. The van der Waals surface area contributed by atoms with Crippen molar-refractivity contribution in [2.24, 2.45) is 11.3 Å². The van der Waals surface area contributed by atoms with E-state index in [2.05, 4.69) is 5.32 Å². The first kappa shape index (κ1) is 18.5. The van der Waals surface area contributed by atoms with Crippen LogP contribution in [0.15, 0.2) is 24.3 Å². The topological polar surface area (TPSA) is 107 Å². The Morgan fingerprint density at radius 1 is 1.35 bits per heavy atom. The van der Waals surface area contributed by atoms with Crippen molar-refractivity contribution in [2.75, 3.05) is 36.0 Å². The van der Waals surface area contributed by atoms with E-state index in [1.165, 1.54) is 11.9 Å². The van der Waals surface area contributed by atoms with Crippen LogP contribution in [0.5, 0.6) is 0 Å². The summed E-state index contributed by atoms with van der Waals surface area (Å²) in [6.07, 6.45) is 3.35. The second-order valence-corrected chi connectivity index (χ2v) is 9.12. The number of hydrogen-bond donors (Lipinski definition) is 2. The van der Waals surface area contributed by atoms with Crippen LogP contribution >= 0.6 is 0 Å². The first-order valence-electron chi connectivity index (χ1n) is 8.47. The standard InChI is InChI=1S/C17H23N3O5S/c1-19(26(2,24)25)14-8-4-3-7-13(14)18-16(23)20-10-12-6-5-9-17(12,11-20)15(21)22/h3-4,7-8,12H,5-6,9-11H2,1-2H3,(H,18,23)(H,21,22)/t12-,17+/m0/s1. The zero-order chi connectivity index (χ0) is 19.1. The van der Waals surface area contributed by atoms with Gasteiger partial charge in [-0.3, -0.25) is 9.10 Å². The van der Waals surface area contributed by atoms with Crippen molar-refractivity contribution in [3.05, 3.63) is 24.3 Å². The van der Waals surface area contributed by atoms with E-state index in [0.29, 0.717) is 24.3 Å². The molecule has 2 aliphatic rings. The normalized spacial score (nSPS) is 25.0. The molecule has 0 spiro atoms. The minimum atomic E-state index is -3.48. The lowest BCUT2D eigenvalue weighted by molar-refractivity contribution is -0.149. The minimum absolute atomic E-state index is 0.0281. The maximum Gasteiger partial charge on any atom is 0.321 e. The van der Waals surface area contributed by atoms with Crippen LogP contribution in [-0.2, 0) is 14.8 Å². The number of carboxylic acids is 1. The van der Waals surface area contributed by atoms with E-state index in [-0.39, 0.29) is 12.5 Å². The number of nitrogens with one attached hydrogen (secondary N) is 1. The Bertz CT molecular complexity index is 841. The van der Waals surface area contributed by atoms with E-state index < -0.39 is 27.4 Å². The van der Waals surface area contributed by atoms with Gasteiger partial charge in [0.25, 0.3) is 0 Å². The van der Waals surface area contributed by atoms with Crippen LogP contribution in [0, 0.1) is 11.3 Å². The Labute approximate surface area is 152 Å². The first-order chi connectivity index (χ1) is 12.1. The third-order valence-electron chi connectivity index (χ3n) is 5.57. The van der Waals surface area contributed by atoms with Gasteiger partial charge in [-0.2, -0.15) is 0 Å². The fraction of sp³-hybridized carbons (Fsp3) is 0.529. The Kier molecular flexibility index (Phi) is 4.60. The van der Waals surface area contributed by atoms with Gasteiger partial charge in [0.1, 0.15) is 0 Å². The average Bonchev–Trinajstić information content (AvgIpc) is 3.12. The van der Waals surface area contributed by atoms with Crippen molar-refractivity contribution in [3.8, 4) is 0 Å². The largest absolute Gasteiger partial charge is 0.481 e. The summed E-state index contributed by atoms with van der Waals surface area (Å²) in [5.74, 6) is -0.868. The summed E-state index contributed by atoms with van der Waals surface area (Å²) in [4.78, 5) is 26.0. The van der Waals surface area contributed by atoms with Gasteiger partial charge in [-0.15, -0.1) is 0 Å². The number of likely N-dealkylation sites (tertiary alicyclic amines) is 1. The molecule has 0 radical (unpaired) electrons. The summed E-state index contributed by atoms with van der Waals surface area (Å²) in [6.45, 7) is 0.588. The molecule has 9 heteroatoms. The summed E-state index contributed by atoms with van der Waals surface area (Å²) >= 11 is 0. The smallest absolute Gasteiger partial charge is 0.321 e. The van der Waals surface area contributed by atoms with Crippen LogP contribution in [0.25, 0.3) is 0 Å². The number of carbonyl (C=O) groups is 2. The number of amides is 2. The third-order valence-corrected chi connectivity index (χ3v) is 6.76. The molecule has 8 nitrogen and oxygen atoms in total. The van der Waals surface area contributed by atoms with Crippen molar-refractivity contribution in [1.82, 2.24) is 4.90 Å². The molecule has 0 bridgehead atoms. The van der Waals surface area contributed by atoms with Crippen LogP contribution in [0.2, 0.25) is 0 Å². The molecule has 142 valence electrons. The fourth-order valence-electron chi connectivity index (χ4n) is 4.02. The fourth-order valence-corrected chi connectivity index (χ4v) is 4.54. The van der Waals surface area contributed by atoms with Crippen LogP contribution in [0.1, 0.15) is 19.3 Å². The summed E-state index contributed by atoms with van der Waals surface area (Å²) in [7, 11) is -2.06. The van der Waals surface area contributed by atoms with Gasteiger partial charge in [0.05, 0.1) is 23.0 Å². The maximum absolute atomic E-state index is 12.7. The lowest BCUT2D eigenvalue weighted by atomic mass is 9.81. The summed E-state index contributed by atoms with van der Waals surface area (Å²) < 4.78 is 24.7. The molecule has 26 heavy (non-hydrogen) atoms. The molecule has 1 aliphatic heterocycles. The molecule has 1 aromatic carbocycles. The average molecular weight is 381 g/mol.